The highest BCUT2D eigenvalue weighted by molar-refractivity contribution is 5.79. The van der Waals surface area contributed by atoms with E-state index in [2.05, 4.69) is 53.7 Å². The Morgan fingerprint density at radius 1 is 1.20 bits per heavy atom. The lowest BCUT2D eigenvalue weighted by Crippen LogP contribution is -2.38. The lowest BCUT2D eigenvalue weighted by molar-refractivity contribution is 0.105. The number of aryl methyl sites for hydroxylation is 1. The standard InChI is InChI=1S/C20H29N3O2/c1-3-21-20(23-12-10-18-8-4-7-17(2)15-18)22-11-6-13-24-16-19-9-5-14-25-19/h4-5,7-9,14-15H,3,6,10-13,16H2,1-2H3,(H2,21,22,23). The minimum atomic E-state index is 0.519. The highest BCUT2D eigenvalue weighted by Crippen LogP contribution is 2.04. The number of ether oxygens (including phenoxy) is 1. The molecule has 25 heavy (non-hydrogen) atoms. The molecule has 0 amide bonds. The van der Waals surface area contributed by atoms with Crippen LogP contribution in [0.15, 0.2) is 52.1 Å². The molecule has 2 N–H and O–H groups in total. The van der Waals surface area contributed by atoms with Crippen LogP contribution in [0.3, 0.4) is 0 Å². The minimum absolute atomic E-state index is 0.519. The second-order valence-electron chi connectivity index (χ2n) is 5.91. The van der Waals surface area contributed by atoms with Crippen molar-refractivity contribution in [1.29, 1.82) is 0 Å². The molecule has 0 aliphatic carbocycles. The van der Waals surface area contributed by atoms with Gasteiger partial charge in [0.1, 0.15) is 12.4 Å². The zero-order valence-corrected chi connectivity index (χ0v) is 15.3. The number of benzene rings is 1. The highest BCUT2D eigenvalue weighted by atomic mass is 16.5. The molecule has 1 aromatic carbocycles. The summed E-state index contributed by atoms with van der Waals surface area (Å²) < 4.78 is 10.8. The predicted octanol–water partition coefficient (Wildman–Crippen LogP) is 3.29. The summed E-state index contributed by atoms with van der Waals surface area (Å²) in [5.74, 6) is 1.72. The van der Waals surface area contributed by atoms with Crippen molar-refractivity contribution in [2.45, 2.75) is 33.3 Å². The third-order valence-electron chi connectivity index (χ3n) is 3.67. The summed E-state index contributed by atoms with van der Waals surface area (Å²) in [6.45, 7) is 7.84. The Hall–Kier alpha value is -2.27. The van der Waals surface area contributed by atoms with Crippen LogP contribution >= 0.6 is 0 Å². The molecule has 5 nitrogen and oxygen atoms in total. The van der Waals surface area contributed by atoms with Gasteiger partial charge in [0.2, 0.25) is 0 Å². The number of aliphatic imine (C=N–C) groups is 1. The number of furan rings is 1. The molecule has 0 atom stereocenters. The van der Waals surface area contributed by atoms with Crippen LogP contribution in [-0.2, 0) is 17.8 Å². The van der Waals surface area contributed by atoms with E-state index in [-0.39, 0.29) is 0 Å². The van der Waals surface area contributed by atoms with E-state index in [1.165, 1.54) is 11.1 Å². The molecule has 0 saturated heterocycles. The molecular formula is C20H29N3O2. The Balaban J connectivity index is 1.63. The summed E-state index contributed by atoms with van der Waals surface area (Å²) in [5, 5.41) is 6.66. The number of nitrogens with one attached hydrogen (secondary N) is 2. The summed E-state index contributed by atoms with van der Waals surface area (Å²) >= 11 is 0. The maximum absolute atomic E-state index is 5.57. The van der Waals surface area contributed by atoms with Gasteiger partial charge in [0.25, 0.3) is 0 Å². The van der Waals surface area contributed by atoms with Gasteiger partial charge in [-0.15, -0.1) is 0 Å². The van der Waals surface area contributed by atoms with Gasteiger partial charge in [-0.05, 0) is 44.4 Å². The molecule has 0 spiro atoms. The fourth-order valence-corrected chi connectivity index (χ4v) is 2.46. The summed E-state index contributed by atoms with van der Waals surface area (Å²) in [4.78, 5) is 4.59. The molecule has 0 saturated carbocycles. The average Bonchev–Trinajstić information content (AvgIpc) is 3.11. The van der Waals surface area contributed by atoms with E-state index in [1.54, 1.807) is 6.26 Å². The number of hydrogen-bond acceptors (Lipinski definition) is 3. The summed E-state index contributed by atoms with van der Waals surface area (Å²) in [6.07, 6.45) is 3.53. The number of hydrogen-bond donors (Lipinski definition) is 2. The molecule has 5 heteroatoms. The number of nitrogens with zero attached hydrogens (tertiary/aromatic N) is 1. The topological polar surface area (TPSA) is 58.8 Å². The molecule has 0 bridgehead atoms. The molecule has 136 valence electrons. The van der Waals surface area contributed by atoms with E-state index < -0.39 is 0 Å². The van der Waals surface area contributed by atoms with E-state index in [4.69, 9.17) is 9.15 Å². The second kappa shape index (κ2) is 11.3. The third-order valence-corrected chi connectivity index (χ3v) is 3.67. The molecule has 2 aromatic rings. The normalized spacial score (nSPS) is 11.5. The second-order valence-corrected chi connectivity index (χ2v) is 5.91. The highest BCUT2D eigenvalue weighted by Gasteiger charge is 1.99. The van der Waals surface area contributed by atoms with Crippen LogP contribution in [0.2, 0.25) is 0 Å². The summed E-state index contributed by atoms with van der Waals surface area (Å²) in [7, 11) is 0. The van der Waals surface area contributed by atoms with Gasteiger partial charge in [-0.3, -0.25) is 4.99 Å². The lowest BCUT2D eigenvalue weighted by atomic mass is 10.1. The Morgan fingerprint density at radius 2 is 2.12 bits per heavy atom. The largest absolute Gasteiger partial charge is 0.467 e. The van der Waals surface area contributed by atoms with Crippen LogP contribution in [-0.4, -0.2) is 32.2 Å². The third kappa shape index (κ3) is 7.90. The van der Waals surface area contributed by atoms with Crippen molar-refractivity contribution in [3.8, 4) is 0 Å². The maximum Gasteiger partial charge on any atom is 0.191 e. The smallest absolute Gasteiger partial charge is 0.191 e. The zero-order valence-electron chi connectivity index (χ0n) is 15.3. The zero-order chi connectivity index (χ0) is 17.7. The van der Waals surface area contributed by atoms with Crippen molar-refractivity contribution in [3.05, 3.63) is 59.5 Å². The summed E-state index contributed by atoms with van der Waals surface area (Å²) in [6, 6.07) is 12.4. The van der Waals surface area contributed by atoms with E-state index in [0.717, 1.165) is 44.2 Å². The van der Waals surface area contributed by atoms with Crippen molar-refractivity contribution >= 4 is 5.96 Å². The Morgan fingerprint density at radius 3 is 2.88 bits per heavy atom. The maximum atomic E-state index is 5.57. The van der Waals surface area contributed by atoms with Crippen LogP contribution in [0, 0.1) is 6.92 Å². The van der Waals surface area contributed by atoms with Gasteiger partial charge in [0.15, 0.2) is 5.96 Å². The van der Waals surface area contributed by atoms with Crippen molar-refractivity contribution in [2.24, 2.45) is 4.99 Å². The van der Waals surface area contributed by atoms with E-state index in [9.17, 15) is 0 Å². The average molecular weight is 343 g/mol. The first-order valence-corrected chi connectivity index (χ1v) is 8.96. The first-order valence-electron chi connectivity index (χ1n) is 8.96. The molecule has 0 unspecified atom stereocenters. The number of rotatable bonds is 10. The Labute approximate surface area is 150 Å². The molecule has 0 aliphatic heterocycles. The quantitative estimate of drug-likeness (QED) is 0.395. The summed E-state index contributed by atoms with van der Waals surface area (Å²) in [5.41, 5.74) is 2.64. The molecule has 1 heterocycles. The van der Waals surface area contributed by atoms with E-state index in [0.29, 0.717) is 13.2 Å². The Kier molecular flexibility index (Phi) is 8.63. The van der Waals surface area contributed by atoms with Crippen molar-refractivity contribution in [1.82, 2.24) is 10.6 Å². The van der Waals surface area contributed by atoms with Gasteiger partial charge < -0.3 is 19.8 Å². The van der Waals surface area contributed by atoms with Crippen LogP contribution in [0.5, 0.6) is 0 Å². The first kappa shape index (κ1) is 19.1. The molecule has 1 aromatic heterocycles. The fourth-order valence-electron chi connectivity index (χ4n) is 2.46. The minimum Gasteiger partial charge on any atom is -0.467 e. The molecular weight excluding hydrogens is 314 g/mol. The van der Waals surface area contributed by atoms with Crippen molar-refractivity contribution < 1.29 is 9.15 Å². The van der Waals surface area contributed by atoms with Crippen LogP contribution < -0.4 is 10.6 Å². The molecule has 2 rings (SSSR count). The van der Waals surface area contributed by atoms with Gasteiger partial charge >= 0.3 is 0 Å². The SMILES string of the molecule is CCNC(=NCCCOCc1ccco1)NCCc1cccc(C)c1. The van der Waals surface area contributed by atoms with E-state index in [1.807, 2.05) is 12.1 Å². The van der Waals surface area contributed by atoms with Gasteiger partial charge in [0, 0.05) is 26.2 Å². The van der Waals surface area contributed by atoms with Gasteiger partial charge in [0.05, 0.1) is 6.26 Å². The van der Waals surface area contributed by atoms with Crippen LogP contribution in [0.4, 0.5) is 0 Å². The number of guanidine groups is 1. The molecule has 0 fully saturated rings. The molecule has 0 aliphatic rings. The van der Waals surface area contributed by atoms with Crippen molar-refractivity contribution in [3.63, 3.8) is 0 Å². The fraction of sp³-hybridized carbons (Fsp3) is 0.450. The molecule has 0 radical (unpaired) electrons. The Bertz CT molecular complexity index is 624. The monoisotopic (exact) mass is 343 g/mol. The first-order chi connectivity index (χ1) is 12.3. The van der Waals surface area contributed by atoms with Gasteiger partial charge in [-0.25, -0.2) is 0 Å². The van der Waals surface area contributed by atoms with E-state index >= 15 is 0 Å². The van der Waals surface area contributed by atoms with Gasteiger partial charge in [-0.2, -0.15) is 0 Å². The van der Waals surface area contributed by atoms with Crippen molar-refractivity contribution in [2.75, 3.05) is 26.2 Å². The van der Waals surface area contributed by atoms with Crippen LogP contribution in [0.25, 0.3) is 0 Å². The van der Waals surface area contributed by atoms with Gasteiger partial charge in [-0.1, -0.05) is 29.8 Å². The van der Waals surface area contributed by atoms with Crippen LogP contribution in [0.1, 0.15) is 30.2 Å². The predicted molar refractivity (Wildman–Crippen MR) is 102 cm³/mol. The lowest BCUT2D eigenvalue weighted by Gasteiger charge is -2.11.